The van der Waals surface area contributed by atoms with Gasteiger partial charge in [0.15, 0.2) is 19.9 Å². The van der Waals surface area contributed by atoms with Crippen molar-refractivity contribution in [2.45, 2.75) is 46.2 Å². The lowest BCUT2D eigenvalue weighted by Crippen LogP contribution is -2.38. The molecule has 2 unspecified atom stereocenters. The van der Waals surface area contributed by atoms with Crippen molar-refractivity contribution in [1.82, 2.24) is 0 Å². The maximum atomic E-state index is 11.3. The summed E-state index contributed by atoms with van der Waals surface area (Å²) in [5.74, 6) is -1.27. The van der Waals surface area contributed by atoms with Crippen LogP contribution >= 0.6 is 0 Å². The van der Waals surface area contributed by atoms with Crippen LogP contribution in [0.3, 0.4) is 0 Å². The van der Waals surface area contributed by atoms with Crippen molar-refractivity contribution >= 4 is 11.9 Å². The predicted octanol–water partition coefficient (Wildman–Crippen LogP) is 1.29. The SMILES string of the molecule is C=C(C)C(=O)OCOC(O)C(COC(C)C)OCOC(=O)C(=C)C. The van der Waals surface area contributed by atoms with E-state index in [0.29, 0.717) is 0 Å². The molecule has 0 fully saturated rings. The third kappa shape index (κ3) is 10.1. The van der Waals surface area contributed by atoms with Crippen LogP contribution in [-0.2, 0) is 33.3 Å². The van der Waals surface area contributed by atoms with Crippen LogP contribution in [0.5, 0.6) is 0 Å². The first-order valence-electron chi connectivity index (χ1n) is 7.33. The number of esters is 2. The molecule has 8 nitrogen and oxygen atoms in total. The maximum absolute atomic E-state index is 11.3. The molecule has 0 bridgehead atoms. The van der Waals surface area contributed by atoms with Crippen molar-refractivity contribution in [1.29, 1.82) is 0 Å². The summed E-state index contributed by atoms with van der Waals surface area (Å²) in [5, 5.41) is 9.95. The van der Waals surface area contributed by atoms with Crippen LogP contribution in [0.4, 0.5) is 0 Å². The van der Waals surface area contributed by atoms with E-state index in [1.807, 2.05) is 0 Å². The van der Waals surface area contributed by atoms with Crippen molar-refractivity contribution in [2.24, 2.45) is 0 Å². The molecule has 0 saturated heterocycles. The second-order valence-corrected chi connectivity index (χ2v) is 5.30. The molecule has 0 rings (SSSR count). The van der Waals surface area contributed by atoms with E-state index in [2.05, 4.69) is 13.2 Å². The molecule has 0 heterocycles. The number of carbonyl (C=O) groups excluding carboxylic acids is 2. The highest BCUT2D eigenvalue weighted by Gasteiger charge is 2.23. The van der Waals surface area contributed by atoms with Crippen LogP contribution < -0.4 is 0 Å². The molecule has 8 heteroatoms. The number of aliphatic hydroxyl groups excluding tert-OH is 1. The van der Waals surface area contributed by atoms with Crippen molar-refractivity contribution < 1.29 is 38.4 Å². The van der Waals surface area contributed by atoms with E-state index in [4.69, 9.17) is 23.7 Å². The molecule has 138 valence electrons. The van der Waals surface area contributed by atoms with Crippen molar-refractivity contribution in [3.63, 3.8) is 0 Å². The summed E-state index contributed by atoms with van der Waals surface area (Å²) >= 11 is 0. The topological polar surface area (TPSA) is 101 Å². The zero-order valence-corrected chi connectivity index (χ0v) is 14.6. The summed E-state index contributed by atoms with van der Waals surface area (Å²) in [6.45, 7) is 12.5. The van der Waals surface area contributed by atoms with E-state index in [-0.39, 0.29) is 23.9 Å². The molecular formula is C16H26O8. The van der Waals surface area contributed by atoms with Crippen LogP contribution in [0.1, 0.15) is 27.7 Å². The number of carbonyl (C=O) groups is 2. The zero-order valence-electron chi connectivity index (χ0n) is 14.6. The lowest BCUT2D eigenvalue weighted by molar-refractivity contribution is -0.242. The van der Waals surface area contributed by atoms with E-state index in [1.54, 1.807) is 13.8 Å². The van der Waals surface area contributed by atoms with E-state index >= 15 is 0 Å². The van der Waals surface area contributed by atoms with Gasteiger partial charge in [0, 0.05) is 11.1 Å². The van der Waals surface area contributed by atoms with Gasteiger partial charge in [0.05, 0.1) is 12.7 Å². The molecule has 0 saturated carbocycles. The first-order valence-corrected chi connectivity index (χ1v) is 7.33. The first kappa shape index (κ1) is 22.3. The minimum absolute atomic E-state index is 0.0160. The molecule has 0 aliphatic carbocycles. The van der Waals surface area contributed by atoms with E-state index < -0.39 is 37.9 Å². The van der Waals surface area contributed by atoms with Gasteiger partial charge >= 0.3 is 11.9 Å². The van der Waals surface area contributed by atoms with Gasteiger partial charge in [0.2, 0.25) is 0 Å². The van der Waals surface area contributed by atoms with Crippen molar-refractivity contribution in [3.8, 4) is 0 Å². The van der Waals surface area contributed by atoms with Gasteiger partial charge in [-0.25, -0.2) is 9.59 Å². The van der Waals surface area contributed by atoms with Gasteiger partial charge in [-0.05, 0) is 27.7 Å². The molecule has 0 aliphatic rings. The van der Waals surface area contributed by atoms with Gasteiger partial charge < -0.3 is 28.8 Å². The van der Waals surface area contributed by atoms with Crippen LogP contribution in [-0.4, -0.2) is 55.7 Å². The Labute approximate surface area is 142 Å². The molecule has 0 aromatic rings. The average molecular weight is 346 g/mol. The normalized spacial score (nSPS) is 13.2. The number of hydrogen-bond acceptors (Lipinski definition) is 8. The lowest BCUT2D eigenvalue weighted by Gasteiger charge is -2.24. The monoisotopic (exact) mass is 346 g/mol. The minimum atomic E-state index is -1.45. The summed E-state index contributed by atoms with van der Waals surface area (Å²) in [7, 11) is 0. The van der Waals surface area contributed by atoms with Gasteiger partial charge in [0.1, 0.15) is 6.10 Å². The van der Waals surface area contributed by atoms with Crippen LogP contribution in [0, 0.1) is 0 Å². The molecule has 24 heavy (non-hydrogen) atoms. The number of hydrogen-bond donors (Lipinski definition) is 1. The second kappa shape index (κ2) is 11.7. The number of aliphatic hydroxyl groups is 1. The summed E-state index contributed by atoms with van der Waals surface area (Å²) in [6, 6.07) is 0. The largest absolute Gasteiger partial charge is 0.435 e. The van der Waals surface area contributed by atoms with Gasteiger partial charge in [-0.1, -0.05) is 13.2 Å². The highest BCUT2D eigenvalue weighted by Crippen LogP contribution is 2.06. The quantitative estimate of drug-likeness (QED) is 0.320. The molecule has 0 aliphatic heterocycles. The van der Waals surface area contributed by atoms with E-state index in [9.17, 15) is 14.7 Å². The Bertz CT molecular complexity index is 443. The van der Waals surface area contributed by atoms with Gasteiger partial charge in [-0.15, -0.1) is 0 Å². The zero-order chi connectivity index (χ0) is 18.7. The molecule has 1 N–H and O–H groups in total. The summed E-state index contributed by atoms with van der Waals surface area (Å²) in [6.07, 6.45) is -2.51. The average Bonchev–Trinajstić information content (AvgIpc) is 2.49. The standard InChI is InChI=1S/C16H26O8/c1-10(2)14(17)22-8-21-13(7-20-12(5)6)16(19)24-9-23-15(18)11(3)4/h12-13,16,19H,1,3,7-9H2,2,4-6H3. The van der Waals surface area contributed by atoms with Crippen LogP contribution in [0.15, 0.2) is 24.3 Å². The highest BCUT2D eigenvalue weighted by atomic mass is 16.7. The molecular weight excluding hydrogens is 320 g/mol. The van der Waals surface area contributed by atoms with Crippen molar-refractivity contribution in [3.05, 3.63) is 24.3 Å². The Morgan fingerprint density at radius 3 is 1.79 bits per heavy atom. The maximum Gasteiger partial charge on any atom is 0.335 e. The fourth-order valence-electron chi connectivity index (χ4n) is 1.19. The van der Waals surface area contributed by atoms with E-state index in [1.165, 1.54) is 13.8 Å². The van der Waals surface area contributed by atoms with Crippen LogP contribution in [0.2, 0.25) is 0 Å². The molecule has 0 amide bonds. The fourth-order valence-corrected chi connectivity index (χ4v) is 1.19. The Kier molecular flexibility index (Phi) is 10.9. The van der Waals surface area contributed by atoms with Crippen LogP contribution in [0.25, 0.3) is 0 Å². The van der Waals surface area contributed by atoms with Gasteiger partial charge in [-0.3, -0.25) is 0 Å². The Morgan fingerprint density at radius 2 is 1.38 bits per heavy atom. The highest BCUT2D eigenvalue weighted by molar-refractivity contribution is 5.87. The van der Waals surface area contributed by atoms with E-state index in [0.717, 1.165) is 0 Å². The summed E-state index contributed by atoms with van der Waals surface area (Å²) in [4.78, 5) is 22.5. The number of ether oxygens (including phenoxy) is 5. The number of rotatable bonds is 12. The minimum Gasteiger partial charge on any atom is -0.435 e. The first-order chi connectivity index (χ1) is 11.1. The van der Waals surface area contributed by atoms with Crippen molar-refractivity contribution in [2.75, 3.05) is 20.2 Å². The molecule has 0 aromatic heterocycles. The lowest BCUT2D eigenvalue weighted by atomic mass is 10.3. The van der Waals surface area contributed by atoms with Gasteiger partial charge in [0.25, 0.3) is 0 Å². The second-order valence-electron chi connectivity index (χ2n) is 5.30. The Morgan fingerprint density at radius 1 is 0.917 bits per heavy atom. The smallest absolute Gasteiger partial charge is 0.335 e. The summed E-state index contributed by atoms with van der Waals surface area (Å²) in [5.41, 5.74) is 0.424. The third-order valence-electron chi connectivity index (χ3n) is 2.51. The molecule has 0 aromatic carbocycles. The Hall–Kier alpha value is -1.74. The molecule has 2 atom stereocenters. The summed E-state index contributed by atoms with van der Waals surface area (Å²) < 4.78 is 25.1. The molecule has 0 radical (unpaired) electrons. The predicted molar refractivity (Wildman–Crippen MR) is 84.6 cm³/mol. The van der Waals surface area contributed by atoms with Gasteiger partial charge in [-0.2, -0.15) is 0 Å². The molecule has 0 spiro atoms. The third-order valence-corrected chi connectivity index (χ3v) is 2.51. The Balaban J connectivity index is 4.40. The fraction of sp³-hybridized carbons (Fsp3) is 0.625.